The third-order valence-corrected chi connectivity index (χ3v) is 5.63. The van der Waals surface area contributed by atoms with Gasteiger partial charge in [0.2, 0.25) is 10.0 Å². The highest BCUT2D eigenvalue weighted by atomic mass is 127. The average Bonchev–Trinajstić information content (AvgIpc) is 2.71. The average molecular weight is 575 g/mol. The molecule has 0 saturated heterocycles. The Bertz CT molecular complexity index is 971. The van der Waals surface area contributed by atoms with E-state index in [1.54, 1.807) is 0 Å². The van der Waals surface area contributed by atoms with Gasteiger partial charge < -0.3 is 15.4 Å². The molecule has 178 valence electrons. The van der Waals surface area contributed by atoms with Gasteiger partial charge in [-0.15, -0.1) is 24.0 Å². The molecule has 0 heterocycles. The zero-order chi connectivity index (χ0) is 22.9. The van der Waals surface area contributed by atoms with Crippen LogP contribution in [0.2, 0.25) is 0 Å². The van der Waals surface area contributed by atoms with Crippen molar-refractivity contribution in [1.29, 1.82) is 0 Å². The molecule has 0 radical (unpaired) electrons. The molecule has 2 rings (SSSR count). The van der Waals surface area contributed by atoms with Crippen molar-refractivity contribution < 1.29 is 13.2 Å². The number of benzene rings is 2. The minimum absolute atomic E-state index is 0. The highest BCUT2D eigenvalue weighted by Gasteiger charge is 2.14. The minimum Gasteiger partial charge on any atom is -0.488 e. The predicted molar refractivity (Wildman–Crippen MR) is 142 cm³/mol. The monoisotopic (exact) mass is 574 g/mol. The molecule has 0 saturated carbocycles. The number of sulfonamides is 1. The van der Waals surface area contributed by atoms with Crippen LogP contribution < -0.4 is 20.1 Å². The number of nitrogens with one attached hydrogen (secondary N) is 3. The van der Waals surface area contributed by atoms with Gasteiger partial charge in [-0.3, -0.25) is 0 Å². The molecular weight excluding hydrogens is 539 g/mol. The second kappa shape index (κ2) is 13.0. The zero-order valence-electron chi connectivity index (χ0n) is 19.4. The van der Waals surface area contributed by atoms with E-state index in [0.29, 0.717) is 19.0 Å². The zero-order valence-corrected chi connectivity index (χ0v) is 22.6. The Balaban J connectivity index is 0.00000512. The first-order chi connectivity index (χ1) is 14.6. The van der Waals surface area contributed by atoms with E-state index in [0.717, 1.165) is 29.0 Å². The van der Waals surface area contributed by atoms with Gasteiger partial charge in [-0.1, -0.05) is 42.5 Å². The van der Waals surface area contributed by atoms with Gasteiger partial charge in [-0.05, 0) is 51.9 Å². The van der Waals surface area contributed by atoms with E-state index in [1.807, 2.05) is 76.2 Å². The van der Waals surface area contributed by atoms with Crippen LogP contribution in [-0.2, 0) is 28.9 Å². The fraction of sp³-hybridized carbons (Fsp3) is 0.435. The number of rotatable bonds is 9. The van der Waals surface area contributed by atoms with Crippen LogP contribution in [0.25, 0.3) is 0 Å². The molecule has 9 heteroatoms. The molecule has 0 amide bonds. The molecule has 0 unspecified atom stereocenters. The molecular formula is C23H35IN4O3S. The molecule has 0 aromatic heterocycles. The van der Waals surface area contributed by atoms with Crippen molar-refractivity contribution in [2.75, 3.05) is 13.6 Å². The Labute approximate surface area is 209 Å². The summed E-state index contributed by atoms with van der Waals surface area (Å²) in [5.74, 6) is 1.52. The van der Waals surface area contributed by atoms with Gasteiger partial charge in [0.1, 0.15) is 11.4 Å². The van der Waals surface area contributed by atoms with E-state index in [2.05, 4.69) is 20.3 Å². The maximum absolute atomic E-state index is 11.7. The van der Waals surface area contributed by atoms with Crippen LogP contribution in [0.5, 0.6) is 5.75 Å². The van der Waals surface area contributed by atoms with Crippen LogP contribution >= 0.6 is 24.0 Å². The van der Waals surface area contributed by atoms with Gasteiger partial charge in [0.05, 0.1) is 12.3 Å². The molecule has 0 aliphatic heterocycles. The lowest BCUT2D eigenvalue weighted by Gasteiger charge is -2.23. The number of ether oxygens (including phenoxy) is 1. The Morgan fingerprint density at radius 1 is 1.00 bits per heavy atom. The van der Waals surface area contributed by atoms with Gasteiger partial charge in [-0.25, -0.2) is 18.1 Å². The SMILES string of the molecule is CCNC(=NCc1ccc(CS(=O)(=O)NC)cc1)NCc1ccccc1OC(C)(C)C.I. The molecule has 3 N–H and O–H groups in total. The van der Waals surface area contributed by atoms with E-state index < -0.39 is 10.0 Å². The van der Waals surface area contributed by atoms with Crippen LogP contribution in [0.3, 0.4) is 0 Å². The maximum atomic E-state index is 11.7. The topological polar surface area (TPSA) is 91.8 Å². The number of hydrogen-bond donors (Lipinski definition) is 3. The van der Waals surface area contributed by atoms with Gasteiger partial charge >= 0.3 is 0 Å². The number of halogens is 1. The van der Waals surface area contributed by atoms with Crippen molar-refractivity contribution in [2.24, 2.45) is 4.99 Å². The summed E-state index contributed by atoms with van der Waals surface area (Å²) in [6, 6.07) is 15.4. The summed E-state index contributed by atoms with van der Waals surface area (Å²) in [4.78, 5) is 4.65. The Kier molecular flexibility index (Phi) is 11.5. The molecule has 0 aliphatic rings. The number of hydrogen-bond acceptors (Lipinski definition) is 4. The predicted octanol–water partition coefficient (Wildman–Crippen LogP) is 3.79. The summed E-state index contributed by atoms with van der Waals surface area (Å²) < 4.78 is 31.7. The smallest absolute Gasteiger partial charge is 0.215 e. The van der Waals surface area contributed by atoms with Crippen molar-refractivity contribution >= 4 is 40.0 Å². The molecule has 0 atom stereocenters. The van der Waals surface area contributed by atoms with Gasteiger partial charge in [0, 0.05) is 18.7 Å². The van der Waals surface area contributed by atoms with Crippen molar-refractivity contribution in [3.8, 4) is 5.75 Å². The number of aliphatic imine (C=N–C) groups is 1. The molecule has 0 aliphatic carbocycles. The van der Waals surface area contributed by atoms with Crippen molar-refractivity contribution in [3.63, 3.8) is 0 Å². The van der Waals surface area contributed by atoms with Gasteiger partial charge in [-0.2, -0.15) is 0 Å². The largest absolute Gasteiger partial charge is 0.488 e. The van der Waals surface area contributed by atoms with E-state index in [1.165, 1.54) is 7.05 Å². The molecule has 0 fully saturated rings. The lowest BCUT2D eigenvalue weighted by atomic mass is 10.1. The fourth-order valence-corrected chi connectivity index (χ4v) is 3.58. The molecule has 32 heavy (non-hydrogen) atoms. The van der Waals surface area contributed by atoms with Crippen LogP contribution in [0.1, 0.15) is 44.4 Å². The summed E-state index contributed by atoms with van der Waals surface area (Å²) in [6.07, 6.45) is 0. The second-order valence-corrected chi connectivity index (χ2v) is 10.1. The second-order valence-electron chi connectivity index (χ2n) is 8.15. The fourth-order valence-electron chi connectivity index (χ4n) is 2.80. The summed E-state index contributed by atoms with van der Waals surface area (Å²) in [6.45, 7) is 9.91. The molecule has 0 spiro atoms. The molecule has 0 bridgehead atoms. The van der Waals surface area contributed by atoms with E-state index in [4.69, 9.17) is 4.74 Å². The van der Waals surface area contributed by atoms with Gasteiger partial charge in [0.25, 0.3) is 0 Å². The van der Waals surface area contributed by atoms with Crippen LogP contribution in [0.4, 0.5) is 0 Å². The maximum Gasteiger partial charge on any atom is 0.215 e. The first kappa shape index (κ1) is 28.2. The minimum atomic E-state index is -3.28. The first-order valence-corrected chi connectivity index (χ1v) is 12.1. The van der Waals surface area contributed by atoms with E-state index in [9.17, 15) is 8.42 Å². The number of para-hydroxylation sites is 1. The lowest BCUT2D eigenvalue weighted by Crippen LogP contribution is -2.37. The van der Waals surface area contributed by atoms with Crippen molar-refractivity contribution in [2.45, 2.75) is 52.1 Å². The highest BCUT2D eigenvalue weighted by Crippen LogP contribution is 2.22. The summed E-state index contributed by atoms with van der Waals surface area (Å²) in [5, 5.41) is 6.61. The quantitative estimate of drug-likeness (QED) is 0.241. The standard InChI is InChI=1S/C23H34N4O3S.HI/c1-6-25-22(27-16-20-9-7-8-10-21(20)30-23(2,3)4)26-15-18-11-13-19(14-12-18)17-31(28,29)24-5;/h7-14,24H,6,15-17H2,1-5H3,(H2,25,26,27);1H. The number of nitrogens with zero attached hydrogens (tertiary/aromatic N) is 1. The van der Waals surface area contributed by atoms with E-state index in [-0.39, 0.29) is 35.3 Å². The Hall–Kier alpha value is -1.85. The number of guanidine groups is 1. The summed E-state index contributed by atoms with van der Waals surface area (Å²) in [7, 11) is -1.86. The Morgan fingerprint density at radius 3 is 2.22 bits per heavy atom. The molecule has 2 aromatic rings. The molecule has 7 nitrogen and oxygen atoms in total. The van der Waals surface area contributed by atoms with Crippen LogP contribution in [0.15, 0.2) is 53.5 Å². The van der Waals surface area contributed by atoms with Crippen LogP contribution in [-0.4, -0.2) is 33.6 Å². The third-order valence-electron chi connectivity index (χ3n) is 4.29. The highest BCUT2D eigenvalue weighted by molar-refractivity contribution is 14.0. The third kappa shape index (κ3) is 10.2. The molecule has 2 aromatic carbocycles. The van der Waals surface area contributed by atoms with Crippen molar-refractivity contribution in [3.05, 3.63) is 65.2 Å². The first-order valence-electron chi connectivity index (χ1n) is 10.4. The summed E-state index contributed by atoms with van der Waals surface area (Å²) in [5.41, 5.74) is 2.52. The normalized spacial score (nSPS) is 12.1. The summed E-state index contributed by atoms with van der Waals surface area (Å²) >= 11 is 0. The van der Waals surface area contributed by atoms with Crippen LogP contribution in [0, 0.1) is 0 Å². The van der Waals surface area contributed by atoms with E-state index >= 15 is 0 Å². The Morgan fingerprint density at radius 2 is 1.62 bits per heavy atom. The van der Waals surface area contributed by atoms with Crippen molar-refractivity contribution in [1.82, 2.24) is 15.4 Å². The van der Waals surface area contributed by atoms with Gasteiger partial charge in [0.15, 0.2) is 5.96 Å². The lowest BCUT2D eigenvalue weighted by molar-refractivity contribution is 0.129.